The molecule has 0 radical (unpaired) electrons. The van der Waals surface area contributed by atoms with Gasteiger partial charge in [-0.2, -0.15) is 0 Å². The number of benzene rings is 6. The first kappa shape index (κ1) is 25.4. The third kappa shape index (κ3) is 3.57. The molecule has 0 aliphatic heterocycles. The van der Waals surface area contributed by atoms with Crippen molar-refractivity contribution in [2.45, 2.75) is 12.5 Å². The Morgan fingerprint density at radius 1 is 0.565 bits per heavy atom. The molecule has 1 aliphatic rings. The van der Waals surface area contributed by atoms with Crippen LogP contribution in [0.25, 0.3) is 77.5 Å². The maximum absolute atomic E-state index is 5.36. The predicted molar refractivity (Wildman–Crippen MR) is 193 cm³/mol. The molecule has 0 spiro atoms. The Morgan fingerprint density at radius 3 is 2.17 bits per heavy atom. The highest BCUT2D eigenvalue weighted by atomic mass is 15.1. The number of para-hydroxylation sites is 3. The van der Waals surface area contributed by atoms with Crippen molar-refractivity contribution < 1.29 is 0 Å². The van der Waals surface area contributed by atoms with Crippen molar-refractivity contribution in [3.8, 4) is 16.9 Å². The van der Waals surface area contributed by atoms with Crippen LogP contribution in [0.2, 0.25) is 0 Å². The molecule has 0 amide bonds. The highest BCUT2D eigenvalue weighted by Gasteiger charge is 2.26. The fraction of sp³-hybridized carbons (Fsp3) is 0.0465. The summed E-state index contributed by atoms with van der Waals surface area (Å²) in [4.78, 5) is 5.36. The van der Waals surface area contributed by atoms with E-state index < -0.39 is 0 Å². The molecule has 0 fully saturated rings. The topological polar surface area (TPSA) is 22.8 Å². The molecule has 10 rings (SSSR count). The molecule has 1 aliphatic carbocycles. The first-order valence-corrected chi connectivity index (χ1v) is 16.0. The van der Waals surface area contributed by atoms with Gasteiger partial charge in [-0.25, -0.2) is 4.98 Å². The van der Waals surface area contributed by atoms with Crippen LogP contribution in [0.5, 0.6) is 0 Å². The summed E-state index contributed by atoms with van der Waals surface area (Å²) in [6, 6.07) is 52.9. The van der Waals surface area contributed by atoms with Gasteiger partial charge in [-0.3, -0.25) is 4.57 Å². The van der Waals surface area contributed by atoms with E-state index >= 15 is 0 Å². The van der Waals surface area contributed by atoms with Crippen LogP contribution in [0.3, 0.4) is 0 Å². The molecule has 3 aromatic heterocycles. The molecule has 0 bridgehead atoms. The molecule has 0 N–H and O–H groups in total. The smallest absolute Gasteiger partial charge is 0.138 e. The van der Waals surface area contributed by atoms with E-state index in [9.17, 15) is 0 Å². The van der Waals surface area contributed by atoms with Gasteiger partial charge < -0.3 is 4.57 Å². The normalized spacial score (nSPS) is 14.6. The first-order chi connectivity index (χ1) is 22.8. The summed E-state index contributed by atoms with van der Waals surface area (Å²) < 4.78 is 5.00. The van der Waals surface area contributed by atoms with Gasteiger partial charge in [0.1, 0.15) is 5.82 Å². The van der Waals surface area contributed by atoms with Gasteiger partial charge in [-0.15, -0.1) is 0 Å². The van der Waals surface area contributed by atoms with Crippen LogP contribution in [-0.4, -0.2) is 14.1 Å². The number of hydrogen-bond donors (Lipinski definition) is 0. The Balaban J connectivity index is 1.36. The Morgan fingerprint density at radius 2 is 1.28 bits per heavy atom. The zero-order valence-corrected chi connectivity index (χ0v) is 25.1. The van der Waals surface area contributed by atoms with Crippen molar-refractivity contribution in [2.24, 2.45) is 0 Å². The fourth-order valence-corrected chi connectivity index (χ4v) is 7.91. The van der Waals surface area contributed by atoms with Crippen molar-refractivity contribution in [2.75, 3.05) is 0 Å². The van der Waals surface area contributed by atoms with Crippen molar-refractivity contribution in [1.29, 1.82) is 0 Å². The molecule has 1 unspecified atom stereocenters. The third-order valence-corrected chi connectivity index (χ3v) is 9.85. The van der Waals surface area contributed by atoms with E-state index in [-0.39, 0.29) is 6.04 Å². The number of nitrogens with zero attached hydrogens (tertiary/aromatic N) is 3. The zero-order valence-electron chi connectivity index (χ0n) is 25.1. The minimum Gasteiger partial charge on any atom is -0.332 e. The van der Waals surface area contributed by atoms with Gasteiger partial charge >= 0.3 is 0 Å². The molecule has 6 aromatic carbocycles. The molecule has 9 aromatic rings. The lowest BCUT2D eigenvalue weighted by atomic mass is 9.92. The minimum absolute atomic E-state index is 0.211. The van der Waals surface area contributed by atoms with E-state index in [1.165, 1.54) is 60.3 Å². The second kappa shape index (κ2) is 9.79. The summed E-state index contributed by atoms with van der Waals surface area (Å²) in [6.07, 6.45) is 5.55. The number of rotatable bonds is 3. The van der Waals surface area contributed by atoms with E-state index in [1.54, 1.807) is 0 Å². The van der Waals surface area contributed by atoms with Crippen LogP contribution in [0.4, 0.5) is 0 Å². The lowest BCUT2D eigenvalue weighted by molar-refractivity contribution is 0.625. The van der Waals surface area contributed by atoms with Crippen LogP contribution in [0.15, 0.2) is 152 Å². The lowest BCUT2D eigenvalue weighted by Crippen LogP contribution is -2.13. The Labute approximate surface area is 266 Å². The average Bonchev–Trinajstić information content (AvgIpc) is 3.64. The predicted octanol–water partition coefficient (Wildman–Crippen LogP) is 11.1. The standard InChI is InChI=1S/C43H29N3/c1-2-13-29(14-3-1)35-27-41(44-36-21-9-6-18-31(35)36)46-38-22-10-7-19-32(38)33-25-26-40-42(43(33)46)34-20-8-11-23-39(34)45(40)37-24-12-16-28-15-4-5-17-30(28)37/h1-23,25-27,37H,24H2. The first-order valence-electron chi connectivity index (χ1n) is 16.0. The molecular formula is C43H29N3. The number of fused-ring (bicyclic) bond motifs is 9. The van der Waals surface area contributed by atoms with E-state index in [2.05, 4.69) is 167 Å². The molecule has 3 heteroatoms. The third-order valence-electron chi connectivity index (χ3n) is 9.85. The van der Waals surface area contributed by atoms with Gasteiger partial charge in [-0.1, -0.05) is 127 Å². The van der Waals surface area contributed by atoms with Crippen LogP contribution in [0, 0.1) is 0 Å². The number of hydrogen-bond acceptors (Lipinski definition) is 1. The summed E-state index contributed by atoms with van der Waals surface area (Å²) in [5.41, 5.74) is 10.9. The van der Waals surface area contributed by atoms with Gasteiger partial charge in [0.15, 0.2) is 0 Å². The quantitative estimate of drug-likeness (QED) is 0.202. The van der Waals surface area contributed by atoms with E-state index in [4.69, 9.17) is 4.98 Å². The minimum atomic E-state index is 0.211. The van der Waals surface area contributed by atoms with Gasteiger partial charge in [-0.05, 0) is 59.0 Å². The number of allylic oxidation sites excluding steroid dienone is 1. The number of aromatic nitrogens is 3. The van der Waals surface area contributed by atoms with Gasteiger partial charge in [0.2, 0.25) is 0 Å². The summed E-state index contributed by atoms with van der Waals surface area (Å²) in [5.74, 6) is 0.930. The molecule has 0 saturated carbocycles. The second-order valence-electron chi connectivity index (χ2n) is 12.3. The SMILES string of the molecule is C1=Cc2ccccc2C(n2c3ccccc3c3c4c(ccc32)c2ccccc2n4-c2cc(-c3ccccc3)c3ccccc3n2)C1. The largest absolute Gasteiger partial charge is 0.332 e. The summed E-state index contributed by atoms with van der Waals surface area (Å²) in [6.45, 7) is 0. The highest BCUT2D eigenvalue weighted by molar-refractivity contribution is 6.25. The second-order valence-corrected chi connectivity index (χ2v) is 12.3. The average molecular weight is 588 g/mol. The monoisotopic (exact) mass is 587 g/mol. The van der Waals surface area contributed by atoms with Crippen LogP contribution in [0.1, 0.15) is 23.6 Å². The highest BCUT2D eigenvalue weighted by Crippen LogP contribution is 2.44. The fourth-order valence-electron chi connectivity index (χ4n) is 7.91. The van der Waals surface area contributed by atoms with Crippen LogP contribution in [-0.2, 0) is 0 Å². The van der Waals surface area contributed by atoms with E-state index in [0.717, 1.165) is 28.7 Å². The van der Waals surface area contributed by atoms with Crippen molar-refractivity contribution in [3.05, 3.63) is 163 Å². The van der Waals surface area contributed by atoms with Gasteiger partial charge in [0, 0.05) is 32.4 Å². The molecule has 1 atom stereocenters. The Hall–Kier alpha value is -5.93. The summed E-state index contributed by atoms with van der Waals surface area (Å²) >= 11 is 0. The molecular weight excluding hydrogens is 558 g/mol. The van der Waals surface area contributed by atoms with Crippen LogP contribution < -0.4 is 0 Å². The maximum atomic E-state index is 5.36. The Kier molecular flexibility index (Phi) is 5.40. The van der Waals surface area contributed by atoms with Crippen molar-refractivity contribution in [1.82, 2.24) is 14.1 Å². The molecule has 3 heterocycles. The van der Waals surface area contributed by atoms with Crippen molar-refractivity contribution >= 4 is 60.6 Å². The van der Waals surface area contributed by atoms with Crippen molar-refractivity contribution in [3.63, 3.8) is 0 Å². The molecule has 0 saturated heterocycles. The lowest BCUT2D eigenvalue weighted by Gasteiger charge is -2.25. The zero-order chi connectivity index (χ0) is 30.2. The Bertz CT molecular complexity index is 2670. The van der Waals surface area contributed by atoms with E-state index in [0.29, 0.717) is 0 Å². The van der Waals surface area contributed by atoms with Crippen LogP contribution >= 0.6 is 0 Å². The maximum Gasteiger partial charge on any atom is 0.138 e. The summed E-state index contributed by atoms with van der Waals surface area (Å²) in [5, 5.41) is 6.17. The molecule has 46 heavy (non-hydrogen) atoms. The summed E-state index contributed by atoms with van der Waals surface area (Å²) in [7, 11) is 0. The molecule has 3 nitrogen and oxygen atoms in total. The number of pyridine rings is 1. The molecule has 216 valence electrons. The van der Waals surface area contributed by atoms with E-state index in [1.807, 2.05) is 0 Å². The van der Waals surface area contributed by atoms with Gasteiger partial charge in [0.05, 0.1) is 28.1 Å². The van der Waals surface area contributed by atoms with Gasteiger partial charge in [0.25, 0.3) is 0 Å².